The minimum atomic E-state index is -0.475. The van der Waals surface area contributed by atoms with Crippen molar-refractivity contribution in [1.82, 2.24) is 4.90 Å². The van der Waals surface area contributed by atoms with Crippen molar-refractivity contribution >= 4 is 16.9 Å². The van der Waals surface area contributed by atoms with Crippen LogP contribution in [-0.4, -0.2) is 49.8 Å². The lowest BCUT2D eigenvalue weighted by Crippen LogP contribution is -2.42. The number of aryl methyl sites for hydroxylation is 2. The largest absolute Gasteiger partial charge is 0.496 e. The van der Waals surface area contributed by atoms with Gasteiger partial charge in [-0.25, -0.2) is 4.79 Å². The number of hydrogen-bond acceptors (Lipinski definition) is 6. The Labute approximate surface area is 169 Å². The Morgan fingerprint density at radius 1 is 1.28 bits per heavy atom. The highest BCUT2D eigenvalue weighted by atomic mass is 16.5. The van der Waals surface area contributed by atoms with Gasteiger partial charge in [-0.15, -0.1) is 0 Å². The summed E-state index contributed by atoms with van der Waals surface area (Å²) >= 11 is 0. The van der Waals surface area contributed by atoms with Gasteiger partial charge in [0, 0.05) is 24.7 Å². The number of nitrogens with zero attached hydrogens (tertiary/aromatic N) is 1. The molecule has 2 aliphatic heterocycles. The molecule has 0 N–H and O–H groups in total. The van der Waals surface area contributed by atoms with Gasteiger partial charge in [-0.1, -0.05) is 0 Å². The van der Waals surface area contributed by atoms with Crippen molar-refractivity contribution < 1.29 is 23.4 Å². The molecule has 2 aliphatic rings. The number of ether oxygens (including phenoxy) is 3. The maximum atomic E-state index is 12.8. The fourth-order valence-corrected chi connectivity index (χ4v) is 4.12. The number of carbonyl (C=O) groups is 1. The summed E-state index contributed by atoms with van der Waals surface area (Å²) in [5.74, 6) is 1.17. The molecule has 0 aliphatic carbocycles. The summed E-state index contributed by atoms with van der Waals surface area (Å²) in [7, 11) is 1.58. The summed E-state index contributed by atoms with van der Waals surface area (Å²) in [4.78, 5) is 27.3. The van der Waals surface area contributed by atoms with Gasteiger partial charge in [0.15, 0.2) is 0 Å². The molecule has 7 heteroatoms. The topological polar surface area (TPSA) is 78.2 Å². The van der Waals surface area contributed by atoms with Crippen LogP contribution in [0.25, 0.3) is 11.0 Å². The zero-order valence-electron chi connectivity index (χ0n) is 17.4. The van der Waals surface area contributed by atoms with Crippen molar-refractivity contribution in [1.29, 1.82) is 0 Å². The van der Waals surface area contributed by atoms with E-state index < -0.39 is 5.63 Å². The van der Waals surface area contributed by atoms with Crippen molar-refractivity contribution in [2.75, 3.05) is 33.4 Å². The zero-order chi connectivity index (χ0) is 20.8. The van der Waals surface area contributed by atoms with Crippen LogP contribution in [0.15, 0.2) is 15.3 Å². The van der Waals surface area contributed by atoms with E-state index in [2.05, 4.69) is 0 Å². The summed E-state index contributed by atoms with van der Waals surface area (Å²) < 4.78 is 22.8. The summed E-state index contributed by atoms with van der Waals surface area (Å²) in [6, 6.07) is 1.86. The van der Waals surface area contributed by atoms with Crippen molar-refractivity contribution in [2.45, 2.75) is 45.6 Å². The molecule has 1 aromatic heterocycles. The van der Waals surface area contributed by atoms with Gasteiger partial charge in [-0.3, -0.25) is 4.79 Å². The molecule has 29 heavy (non-hydrogen) atoms. The van der Waals surface area contributed by atoms with Crippen LogP contribution >= 0.6 is 0 Å². The third-order valence-electron chi connectivity index (χ3n) is 5.85. The van der Waals surface area contributed by atoms with E-state index in [9.17, 15) is 9.59 Å². The fraction of sp³-hybridized carbons (Fsp3) is 0.545. The second kappa shape index (κ2) is 7.37. The maximum Gasteiger partial charge on any atom is 0.340 e. The monoisotopic (exact) mass is 401 g/mol. The molecule has 1 aromatic carbocycles. The first-order valence-corrected chi connectivity index (χ1v) is 10.0. The third kappa shape index (κ3) is 3.59. The number of morpholine rings is 1. The minimum absolute atomic E-state index is 0.00781. The number of benzene rings is 1. The number of methoxy groups -OCH3 is 1. The predicted molar refractivity (Wildman–Crippen MR) is 108 cm³/mol. The highest BCUT2D eigenvalue weighted by molar-refractivity contribution is 5.93. The Bertz CT molecular complexity index is 1020. The van der Waals surface area contributed by atoms with Gasteiger partial charge in [0.2, 0.25) is 5.91 Å². The van der Waals surface area contributed by atoms with Gasteiger partial charge in [0.05, 0.1) is 37.7 Å². The molecule has 0 unspecified atom stereocenters. The molecule has 0 spiro atoms. The van der Waals surface area contributed by atoms with E-state index in [0.29, 0.717) is 48.9 Å². The predicted octanol–water partition coefficient (Wildman–Crippen LogP) is 2.61. The molecule has 1 amide bonds. The van der Waals surface area contributed by atoms with E-state index in [0.717, 1.165) is 29.4 Å². The van der Waals surface area contributed by atoms with Crippen LogP contribution in [0.1, 0.15) is 37.0 Å². The van der Waals surface area contributed by atoms with Crippen molar-refractivity contribution in [2.24, 2.45) is 0 Å². The Balaban J connectivity index is 1.80. The van der Waals surface area contributed by atoms with E-state index in [1.54, 1.807) is 12.0 Å². The Morgan fingerprint density at radius 2 is 2.00 bits per heavy atom. The van der Waals surface area contributed by atoms with Crippen molar-refractivity contribution in [3.8, 4) is 11.5 Å². The lowest BCUT2D eigenvalue weighted by Gasteiger charge is -2.33. The smallest absolute Gasteiger partial charge is 0.340 e. The molecule has 2 aromatic rings. The molecule has 0 atom stereocenters. The van der Waals surface area contributed by atoms with Gasteiger partial charge >= 0.3 is 5.63 Å². The van der Waals surface area contributed by atoms with Crippen molar-refractivity contribution in [3.63, 3.8) is 0 Å². The normalized spacial score (nSPS) is 18.3. The Hall–Kier alpha value is -2.54. The highest BCUT2D eigenvalue weighted by Gasteiger charge is 2.31. The number of rotatable bonds is 3. The number of amides is 1. The Kier molecular flexibility index (Phi) is 5.02. The second-order valence-electron chi connectivity index (χ2n) is 8.28. The first-order valence-electron chi connectivity index (χ1n) is 10.0. The average molecular weight is 401 g/mol. The standard InChI is InChI=1S/C22H27NO6/c1-13-15(11-18(24)23-7-9-27-10-8-23)21(25)28-20-14-5-6-22(2,3)29-16(14)12-17(26-4)19(13)20/h12H,5-11H2,1-4H3. The van der Waals surface area contributed by atoms with Crippen LogP contribution in [0, 0.1) is 6.92 Å². The molecule has 0 saturated carbocycles. The van der Waals surface area contributed by atoms with Gasteiger partial charge in [0.1, 0.15) is 22.7 Å². The fourth-order valence-electron chi connectivity index (χ4n) is 4.12. The number of fused-ring (bicyclic) bond motifs is 3. The highest BCUT2D eigenvalue weighted by Crippen LogP contribution is 2.43. The lowest BCUT2D eigenvalue weighted by atomic mass is 9.91. The van der Waals surface area contributed by atoms with Crippen LogP contribution in [-0.2, 0) is 22.4 Å². The van der Waals surface area contributed by atoms with Crippen LogP contribution in [0.2, 0.25) is 0 Å². The first kappa shape index (κ1) is 19.8. The summed E-state index contributed by atoms with van der Waals surface area (Å²) in [6.07, 6.45) is 1.58. The van der Waals surface area contributed by atoms with Gasteiger partial charge in [0.25, 0.3) is 0 Å². The molecule has 0 radical (unpaired) electrons. The minimum Gasteiger partial charge on any atom is -0.496 e. The molecule has 1 fully saturated rings. The summed E-state index contributed by atoms with van der Waals surface area (Å²) in [5, 5.41) is 0.735. The van der Waals surface area contributed by atoms with Crippen LogP contribution in [0.3, 0.4) is 0 Å². The first-order chi connectivity index (χ1) is 13.8. The third-order valence-corrected chi connectivity index (χ3v) is 5.85. The molecule has 156 valence electrons. The van der Waals surface area contributed by atoms with E-state index >= 15 is 0 Å². The summed E-state index contributed by atoms with van der Waals surface area (Å²) in [5.41, 5.74) is 1.72. The van der Waals surface area contributed by atoms with Gasteiger partial charge in [-0.2, -0.15) is 0 Å². The Morgan fingerprint density at radius 3 is 2.69 bits per heavy atom. The van der Waals surface area contributed by atoms with E-state index in [4.69, 9.17) is 18.6 Å². The maximum absolute atomic E-state index is 12.8. The molecule has 7 nitrogen and oxygen atoms in total. The average Bonchev–Trinajstić information content (AvgIpc) is 2.69. The van der Waals surface area contributed by atoms with Crippen LogP contribution in [0.5, 0.6) is 11.5 Å². The van der Waals surface area contributed by atoms with Crippen LogP contribution in [0.4, 0.5) is 0 Å². The zero-order valence-corrected chi connectivity index (χ0v) is 17.4. The number of hydrogen-bond donors (Lipinski definition) is 0. The molecule has 4 rings (SSSR count). The number of carbonyl (C=O) groups excluding carboxylic acids is 1. The van der Waals surface area contributed by atoms with E-state index in [1.807, 2.05) is 26.8 Å². The molecule has 1 saturated heterocycles. The van der Waals surface area contributed by atoms with Crippen molar-refractivity contribution in [3.05, 3.63) is 33.2 Å². The second-order valence-corrected chi connectivity index (χ2v) is 8.28. The van der Waals surface area contributed by atoms with Gasteiger partial charge < -0.3 is 23.5 Å². The van der Waals surface area contributed by atoms with Gasteiger partial charge in [-0.05, 0) is 39.2 Å². The molecule has 0 bridgehead atoms. The lowest BCUT2D eigenvalue weighted by molar-refractivity contribution is -0.134. The summed E-state index contributed by atoms with van der Waals surface area (Å²) in [6.45, 7) is 8.05. The molecular formula is C22H27NO6. The van der Waals surface area contributed by atoms with E-state index in [1.165, 1.54) is 0 Å². The molecule has 3 heterocycles. The molecular weight excluding hydrogens is 374 g/mol. The van der Waals surface area contributed by atoms with E-state index in [-0.39, 0.29) is 17.9 Å². The van der Waals surface area contributed by atoms with Crippen LogP contribution < -0.4 is 15.1 Å². The SMILES string of the molecule is COc1cc2c(c3oc(=O)c(CC(=O)N4CCOCC4)c(C)c13)CCC(C)(C)O2. The quantitative estimate of drug-likeness (QED) is 0.736.